The minimum absolute atomic E-state index is 0.108. The van der Waals surface area contributed by atoms with Gasteiger partial charge < -0.3 is 33.6 Å². The van der Waals surface area contributed by atoms with Crippen LogP contribution in [-0.4, -0.2) is 84.4 Å². The second-order valence-electron chi connectivity index (χ2n) is 15.8. The van der Waals surface area contributed by atoms with Gasteiger partial charge in [-0.25, -0.2) is 4.79 Å². The fraction of sp³-hybridized carbons (Fsp3) is 0.538. The Morgan fingerprint density at radius 2 is 1.55 bits per heavy atom. The van der Waals surface area contributed by atoms with Crippen LogP contribution in [0.4, 0.5) is 0 Å². The SMILES string of the molecule is CC(=O)OC1=C2C(C)[C@@H](O)C[C@@](O)([C@@H](OC(=O)c3ccccc3)C3[C@](C)(C1=O)[C@@H](O[Si](C)(C)c1ccccc1)C[C@H]1OC[C@@]31OC(C)=O)C2(C)C. The Morgan fingerprint density at radius 1 is 0.941 bits per heavy atom. The fourth-order valence-corrected chi connectivity index (χ4v) is 11.5. The molecule has 0 amide bonds. The highest BCUT2D eigenvalue weighted by molar-refractivity contribution is 6.84. The summed E-state index contributed by atoms with van der Waals surface area (Å²) >= 11 is 0. The van der Waals surface area contributed by atoms with E-state index in [0.29, 0.717) is 0 Å². The van der Waals surface area contributed by atoms with Crippen LogP contribution in [0.3, 0.4) is 0 Å². The summed E-state index contributed by atoms with van der Waals surface area (Å²) in [5.74, 6) is -5.20. The topological polar surface area (TPSA) is 155 Å². The van der Waals surface area contributed by atoms with Crippen molar-refractivity contribution in [2.24, 2.45) is 22.7 Å². The van der Waals surface area contributed by atoms with Crippen molar-refractivity contribution in [1.29, 1.82) is 0 Å². The summed E-state index contributed by atoms with van der Waals surface area (Å²) in [6, 6.07) is 17.9. The lowest BCUT2D eigenvalue weighted by Gasteiger charge is -2.67. The number of benzene rings is 2. The molecule has 2 aromatic rings. The maximum atomic E-state index is 15.7. The number of hydrogen-bond acceptors (Lipinski definition) is 11. The molecule has 2 saturated carbocycles. The third kappa shape index (κ3) is 5.70. The van der Waals surface area contributed by atoms with Crippen LogP contribution in [0.1, 0.15) is 64.7 Å². The van der Waals surface area contributed by atoms with Gasteiger partial charge in [0, 0.05) is 38.0 Å². The van der Waals surface area contributed by atoms with E-state index in [-0.39, 0.29) is 36.3 Å². The molecular weight excluding hydrogens is 673 g/mol. The van der Waals surface area contributed by atoms with Gasteiger partial charge in [0.1, 0.15) is 17.8 Å². The zero-order valence-corrected chi connectivity index (χ0v) is 31.4. The van der Waals surface area contributed by atoms with Gasteiger partial charge in [-0.3, -0.25) is 14.4 Å². The van der Waals surface area contributed by atoms with Gasteiger partial charge in [0.15, 0.2) is 11.4 Å². The number of esters is 3. The largest absolute Gasteiger partial charge is 0.455 e. The number of allylic oxidation sites excluding steroid dienone is 1. The van der Waals surface area contributed by atoms with Crippen LogP contribution >= 0.6 is 0 Å². The number of fused-ring (bicyclic) bond motifs is 5. The Morgan fingerprint density at radius 3 is 2.10 bits per heavy atom. The minimum Gasteiger partial charge on any atom is -0.455 e. The second kappa shape index (κ2) is 12.8. The van der Waals surface area contributed by atoms with Crippen LogP contribution < -0.4 is 5.19 Å². The van der Waals surface area contributed by atoms with Crippen molar-refractivity contribution in [2.45, 2.75) is 103 Å². The molecule has 2 aromatic carbocycles. The average Bonchev–Trinajstić information content (AvgIpc) is 3.06. The molecule has 4 aliphatic rings. The smallest absolute Gasteiger partial charge is 0.338 e. The van der Waals surface area contributed by atoms with Crippen LogP contribution in [0, 0.1) is 22.7 Å². The Hall–Kier alpha value is -3.68. The molecule has 2 N–H and O–H groups in total. The summed E-state index contributed by atoms with van der Waals surface area (Å²) in [6.45, 7) is 13.0. The molecule has 3 fully saturated rings. The summed E-state index contributed by atoms with van der Waals surface area (Å²) in [5.41, 5.74) is -6.44. The molecular formula is C39H48O11Si. The molecule has 1 heterocycles. The van der Waals surface area contributed by atoms with Crippen LogP contribution in [-0.2, 0) is 37.8 Å². The molecule has 12 heteroatoms. The van der Waals surface area contributed by atoms with E-state index in [1.165, 1.54) is 13.8 Å². The van der Waals surface area contributed by atoms with E-state index in [1.807, 2.05) is 43.4 Å². The Bertz CT molecular complexity index is 1760. The lowest BCUT2D eigenvalue weighted by molar-refractivity contribution is -0.344. The van der Waals surface area contributed by atoms with Crippen LogP contribution in [0.25, 0.3) is 0 Å². The molecule has 51 heavy (non-hydrogen) atoms. The number of aliphatic hydroxyl groups excluding tert-OH is 1. The number of aliphatic hydroxyl groups is 2. The number of hydrogen-bond donors (Lipinski definition) is 2. The highest BCUT2D eigenvalue weighted by Crippen LogP contribution is 2.65. The predicted molar refractivity (Wildman–Crippen MR) is 187 cm³/mol. The van der Waals surface area contributed by atoms with E-state index in [4.69, 9.17) is 23.4 Å². The van der Waals surface area contributed by atoms with Crippen molar-refractivity contribution in [3.05, 3.63) is 77.6 Å². The van der Waals surface area contributed by atoms with Crippen molar-refractivity contribution in [3.8, 4) is 0 Å². The first-order valence-corrected chi connectivity index (χ1v) is 20.4. The normalized spacial score (nSPS) is 35.6. The summed E-state index contributed by atoms with van der Waals surface area (Å²) in [4.78, 5) is 55.7. The zero-order chi connectivity index (χ0) is 37.3. The third-order valence-electron chi connectivity index (χ3n) is 12.1. The van der Waals surface area contributed by atoms with Crippen LogP contribution in [0.15, 0.2) is 72.0 Å². The van der Waals surface area contributed by atoms with E-state index >= 15 is 4.79 Å². The molecule has 2 bridgehead atoms. The maximum absolute atomic E-state index is 15.7. The van der Waals surface area contributed by atoms with E-state index in [2.05, 4.69) is 0 Å². The molecule has 0 spiro atoms. The first kappa shape index (κ1) is 37.1. The first-order valence-electron chi connectivity index (χ1n) is 17.5. The van der Waals surface area contributed by atoms with Crippen LogP contribution in [0.2, 0.25) is 13.1 Å². The first-order chi connectivity index (χ1) is 23.8. The van der Waals surface area contributed by atoms with Gasteiger partial charge >= 0.3 is 17.9 Å². The number of Topliss-reactive ketones (excluding diaryl/α,β-unsaturated/α-hetero) is 1. The molecule has 1 saturated heterocycles. The molecule has 9 atom stereocenters. The van der Waals surface area contributed by atoms with Crippen molar-refractivity contribution in [2.75, 3.05) is 6.61 Å². The Labute approximate surface area is 299 Å². The average molecular weight is 721 g/mol. The monoisotopic (exact) mass is 720 g/mol. The van der Waals surface area contributed by atoms with Gasteiger partial charge in [-0.2, -0.15) is 0 Å². The molecule has 274 valence electrons. The Balaban J connectivity index is 1.68. The number of ketones is 1. The number of carbonyl (C=O) groups is 4. The molecule has 6 rings (SSSR count). The Kier molecular flexibility index (Phi) is 9.28. The summed E-state index contributed by atoms with van der Waals surface area (Å²) in [7, 11) is -2.84. The molecule has 0 aromatic heterocycles. The van der Waals surface area contributed by atoms with Gasteiger partial charge in [-0.15, -0.1) is 0 Å². The fourth-order valence-electron chi connectivity index (χ4n) is 9.31. The molecule has 3 aliphatic carbocycles. The van der Waals surface area contributed by atoms with Crippen molar-refractivity contribution in [3.63, 3.8) is 0 Å². The van der Waals surface area contributed by atoms with Crippen molar-refractivity contribution < 1.29 is 52.8 Å². The van der Waals surface area contributed by atoms with Gasteiger partial charge in [0.25, 0.3) is 0 Å². The number of rotatable bonds is 7. The van der Waals surface area contributed by atoms with E-state index in [1.54, 1.807) is 58.0 Å². The number of carbonyl (C=O) groups excluding carboxylic acids is 4. The van der Waals surface area contributed by atoms with Gasteiger partial charge in [0.05, 0.1) is 35.7 Å². The highest BCUT2D eigenvalue weighted by atomic mass is 28.4. The molecule has 2 unspecified atom stereocenters. The lowest BCUT2D eigenvalue weighted by Crippen LogP contribution is -2.81. The standard InChI is InChI=1S/C39H48O11Si/c1-22-27(42)20-39(45)34(48-35(44)25-15-11-9-12-16-25)32-37(6,33(43)31(47-23(2)40)30(22)36(39,4)5)28(19-29-38(32,21-46-29)49-24(3)41)50-51(7,8)26-17-13-10-14-18-26/h9-18,22,27-29,32,34,42,45H,19-21H2,1-8H3/t22?,27-,28-,29+,32?,34-,37+,38-,39+/m0/s1. The zero-order valence-electron chi connectivity index (χ0n) is 30.4. The molecule has 1 aliphatic heterocycles. The van der Waals surface area contributed by atoms with E-state index in [0.717, 1.165) is 5.19 Å². The van der Waals surface area contributed by atoms with Crippen LogP contribution in [0.5, 0.6) is 0 Å². The van der Waals surface area contributed by atoms with Crippen molar-refractivity contribution >= 4 is 37.2 Å². The van der Waals surface area contributed by atoms with Gasteiger partial charge in [-0.1, -0.05) is 69.3 Å². The van der Waals surface area contributed by atoms with Crippen molar-refractivity contribution in [1.82, 2.24) is 0 Å². The summed E-state index contributed by atoms with van der Waals surface area (Å²) in [6.07, 6.45) is -4.74. The summed E-state index contributed by atoms with van der Waals surface area (Å²) in [5, 5.41) is 25.9. The maximum Gasteiger partial charge on any atom is 0.338 e. The van der Waals surface area contributed by atoms with E-state index in [9.17, 15) is 24.6 Å². The van der Waals surface area contributed by atoms with Gasteiger partial charge in [0.2, 0.25) is 14.1 Å². The highest BCUT2D eigenvalue weighted by Gasteiger charge is 2.78. The number of ether oxygens (including phenoxy) is 4. The minimum atomic E-state index is -2.84. The predicted octanol–water partition coefficient (Wildman–Crippen LogP) is 3.99. The lowest BCUT2D eigenvalue weighted by atomic mass is 9.45. The quantitative estimate of drug-likeness (QED) is 0.242. The van der Waals surface area contributed by atoms with E-state index < -0.39 is 90.3 Å². The second-order valence-corrected chi connectivity index (χ2v) is 19.6. The van der Waals surface area contributed by atoms with Gasteiger partial charge in [-0.05, 0) is 42.9 Å². The molecule has 11 nitrogen and oxygen atoms in total. The summed E-state index contributed by atoms with van der Waals surface area (Å²) < 4.78 is 31.8. The molecule has 0 radical (unpaired) electrons. The third-order valence-corrected chi connectivity index (χ3v) is 14.7.